The highest BCUT2D eigenvalue weighted by Gasteiger charge is 2.07. The molecule has 0 aromatic heterocycles. The van der Waals surface area contributed by atoms with Crippen molar-refractivity contribution in [1.29, 1.82) is 0 Å². The largest absolute Gasteiger partial charge is 0.388 e. The van der Waals surface area contributed by atoms with Crippen molar-refractivity contribution in [2.24, 2.45) is 0 Å². The van der Waals surface area contributed by atoms with E-state index in [-0.39, 0.29) is 6.10 Å². The molecule has 0 saturated heterocycles. The number of aliphatic hydroxyl groups excluding tert-OH is 1. The van der Waals surface area contributed by atoms with Gasteiger partial charge in [0.05, 0.1) is 6.10 Å². The minimum Gasteiger partial charge on any atom is -0.388 e. The lowest BCUT2D eigenvalue weighted by molar-refractivity contribution is 0.163. The molecule has 0 radical (unpaired) electrons. The third-order valence-corrected chi connectivity index (χ3v) is 3.98. The van der Waals surface area contributed by atoms with Gasteiger partial charge < -0.3 is 5.11 Å². The smallest absolute Gasteiger partial charge is 0.0790 e. The molecule has 0 aliphatic carbocycles. The van der Waals surface area contributed by atoms with Gasteiger partial charge >= 0.3 is 0 Å². The number of hydrogen-bond acceptors (Lipinski definition) is 1. The molecule has 0 aliphatic heterocycles. The summed E-state index contributed by atoms with van der Waals surface area (Å²) in [4.78, 5) is 0. The zero-order valence-corrected chi connectivity index (χ0v) is 13.0. The molecule has 0 heterocycles. The van der Waals surface area contributed by atoms with Gasteiger partial charge in [0.2, 0.25) is 0 Å². The van der Waals surface area contributed by atoms with Crippen LogP contribution in [-0.4, -0.2) is 5.11 Å². The Labute approximate surface area is 128 Å². The Morgan fingerprint density at radius 3 is 2.05 bits per heavy atom. The Balaban J connectivity index is 1.87. The van der Waals surface area contributed by atoms with Crippen LogP contribution in [0.1, 0.15) is 57.1 Å². The predicted octanol–water partition coefficient (Wildman–Crippen LogP) is 5.75. The number of benzene rings is 2. The first-order valence-electron chi connectivity index (χ1n) is 8.14. The van der Waals surface area contributed by atoms with Gasteiger partial charge in [-0.05, 0) is 23.1 Å². The lowest BCUT2D eigenvalue weighted by atomic mass is 9.99. The van der Waals surface area contributed by atoms with Gasteiger partial charge in [-0.25, -0.2) is 0 Å². The molecule has 1 heteroatoms. The van der Waals surface area contributed by atoms with Crippen molar-refractivity contribution in [3.05, 3.63) is 60.2 Å². The van der Waals surface area contributed by atoms with Crippen LogP contribution in [0.25, 0.3) is 11.1 Å². The summed E-state index contributed by atoms with van der Waals surface area (Å²) in [5.41, 5.74) is 3.46. The summed E-state index contributed by atoms with van der Waals surface area (Å²) in [7, 11) is 0. The van der Waals surface area contributed by atoms with Crippen molar-refractivity contribution in [1.82, 2.24) is 0 Å². The van der Waals surface area contributed by atoms with Gasteiger partial charge in [0, 0.05) is 0 Å². The highest BCUT2D eigenvalue weighted by atomic mass is 16.3. The van der Waals surface area contributed by atoms with Crippen molar-refractivity contribution >= 4 is 0 Å². The van der Waals surface area contributed by atoms with Gasteiger partial charge in [0.25, 0.3) is 0 Å². The molecule has 2 aromatic rings. The minimum absolute atomic E-state index is 0.323. The Kier molecular flexibility index (Phi) is 6.49. The molecule has 1 nitrogen and oxygen atoms in total. The molecule has 1 unspecified atom stereocenters. The van der Waals surface area contributed by atoms with Gasteiger partial charge in [-0.3, -0.25) is 0 Å². The van der Waals surface area contributed by atoms with Crippen molar-refractivity contribution < 1.29 is 5.11 Å². The normalized spacial score (nSPS) is 12.3. The molecule has 112 valence electrons. The zero-order chi connectivity index (χ0) is 14.9. The van der Waals surface area contributed by atoms with E-state index >= 15 is 0 Å². The zero-order valence-electron chi connectivity index (χ0n) is 13.0. The quantitative estimate of drug-likeness (QED) is 0.611. The summed E-state index contributed by atoms with van der Waals surface area (Å²) < 4.78 is 0. The fourth-order valence-electron chi connectivity index (χ4n) is 2.64. The maximum atomic E-state index is 10.2. The van der Waals surface area contributed by atoms with Crippen LogP contribution in [0.2, 0.25) is 0 Å². The van der Waals surface area contributed by atoms with E-state index < -0.39 is 0 Å². The summed E-state index contributed by atoms with van der Waals surface area (Å²) >= 11 is 0. The van der Waals surface area contributed by atoms with Crippen LogP contribution in [0.5, 0.6) is 0 Å². The van der Waals surface area contributed by atoms with Crippen LogP contribution in [-0.2, 0) is 0 Å². The van der Waals surface area contributed by atoms with Gasteiger partial charge in [0.15, 0.2) is 0 Å². The van der Waals surface area contributed by atoms with Crippen LogP contribution in [0.3, 0.4) is 0 Å². The lowest BCUT2D eigenvalue weighted by Gasteiger charge is -2.11. The molecule has 21 heavy (non-hydrogen) atoms. The van der Waals surface area contributed by atoms with Crippen LogP contribution in [0.15, 0.2) is 54.6 Å². The first kappa shape index (κ1) is 15.8. The molecule has 1 atom stereocenters. The van der Waals surface area contributed by atoms with Crippen molar-refractivity contribution in [3.8, 4) is 11.1 Å². The second kappa shape index (κ2) is 8.63. The van der Waals surface area contributed by atoms with E-state index in [1.807, 2.05) is 18.2 Å². The molecule has 2 aromatic carbocycles. The highest BCUT2D eigenvalue weighted by molar-refractivity contribution is 5.63. The number of unbranched alkanes of at least 4 members (excludes halogenated alkanes) is 4. The first-order chi connectivity index (χ1) is 10.3. The summed E-state index contributed by atoms with van der Waals surface area (Å²) in [5, 5.41) is 10.2. The van der Waals surface area contributed by atoms with Gasteiger partial charge in [0.1, 0.15) is 0 Å². The van der Waals surface area contributed by atoms with E-state index in [0.29, 0.717) is 0 Å². The number of hydrogen-bond donors (Lipinski definition) is 1. The number of rotatable bonds is 8. The van der Waals surface area contributed by atoms with Gasteiger partial charge in [-0.15, -0.1) is 0 Å². The summed E-state index contributed by atoms with van der Waals surface area (Å²) in [6.07, 6.45) is 6.75. The maximum Gasteiger partial charge on any atom is 0.0790 e. The Morgan fingerprint density at radius 2 is 1.38 bits per heavy atom. The summed E-state index contributed by atoms with van der Waals surface area (Å²) in [6.45, 7) is 2.23. The SMILES string of the molecule is CCCCCCCC(O)c1ccc(-c2ccccc2)cc1. The predicted molar refractivity (Wildman–Crippen MR) is 90.2 cm³/mol. The Hall–Kier alpha value is -1.60. The van der Waals surface area contributed by atoms with E-state index in [9.17, 15) is 5.11 Å². The monoisotopic (exact) mass is 282 g/mol. The molecule has 0 amide bonds. The van der Waals surface area contributed by atoms with Crippen molar-refractivity contribution in [2.45, 2.75) is 51.6 Å². The van der Waals surface area contributed by atoms with Crippen LogP contribution >= 0.6 is 0 Å². The highest BCUT2D eigenvalue weighted by Crippen LogP contribution is 2.24. The minimum atomic E-state index is -0.323. The molecule has 0 spiro atoms. The molecular weight excluding hydrogens is 256 g/mol. The van der Waals surface area contributed by atoms with Crippen molar-refractivity contribution in [3.63, 3.8) is 0 Å². The average Bonchev–Trinajstić information content (AvgIpc) is 2.55. The molecule has 0 saturated carbocycles. The van der Waals surface area contributed by atoms with Crippen LogP contribution < -0.4 is 0 Å². The van der Waals surface area contributed by atoms with Gasteiger partial charge in [-0.1, -0.05) is 93.6 Å². The average molecular weight is 282 g/mol. The summed E-state index contributed by atoms with van der Waals surface area (Å²) in [6, 6.07) is 18.7. The van der Waals surface area contributed by atoms with Gasteiger partial charge in [-0.2, -0.15) is 0 Å². The summed E-state index contributed by atoms with van der Waals surface area (Å²) in [5.74, 6) is 0. The van der Waals surface area contributed by atoms with E-state index in [0.717, 1.165) is 18.4 Å². The van der Waals surface area contributed by atoms with E-state index in [4.69, 9.17) is 0 Å². The van der Waals surface area contributed by atoms with E-state index in [1.165, 1.54) is 36.8 Å². The topological polar surface area (TPSA) is 20.2 Å². The standard InChI is InChI=1S/C20H26O/c1-2-3-4-5-9-12-20(21)19-15-13-18(14-16-19)17-10-7-6-8-11-17/h6-8,10-11,13-16,20-21H,2-5,9,12H2,1H3. The molecule has 1 N–H and O–H groups in total. The Bertz CT molecular complexity index is 501. The maximum absolute atomic E-state index is 10.2. The first-order valence-corrected chi connectivity index (χ1v) is 8.14. The lowest BCUT2D eigenvalue weighted by Crippen LogP contribution is -1.97. The van der Waals surface area contributed by atoms with E-state index in [2.05, 4.69) is 43.3 Å². The van der Waals surface area contributed by atoms with Crippen LogP contribution in [0, 0.1) is 0 Å². The van der Waals surface area contributed by atoms with Crippen LogP contribution in [0.4, 0.5) is 0 Å². The van der Waals surface area contributed by atoms with E-state index in [1.54, 1.807) is 0 Å². The molecule has 0 aliphatic rings. The third kappa shape index (κ3) is 5.02. The Morgan fingerprint density at radius 1 is 0.762 bits per heavy atom. The van der Waals surface area contributed by atoms with Crippen molar-refractivity contribution in [2.75, 3.05) is 0 Å². The molecule has 2 rings (SSSR count). The fraction of sp³-hybridized carbons (Fsp3) is 0.400. The third-order valence-electron chi connectivity index (χ3n) is 3.98. The second-order valence-corrected chi connectivity index (χ2v) is 5.71. The molecule has 0 bridgehead atoms. The molecule has 0 fully saturated rings. The fourth-order valence-corrected chi connectivity index (χ4v) is 2.64. The molecular formula is C20H26O. The number of aliphatic hydroxyl groups is 1. The second-order valence-electron chi connectivity index (χ2n) is 5.71.